The molecule has 3 rings (SSSR count). The molecule has 134 valence electrons. The molecule has 8 heteroatoms. The van der Waals surface area contributed by atoms with E-state index in [1.807, 2.05) is 14.0 Å². The number of nitrogens with one attached hydrogen (secondary N) is 1. The summed E-state index contributed by atoms with van der Waals surface area (Å²) in [6.45, 7) is 10.4. The van der Waals surface area contributed by atoms with E-state index < -0.39 is 0 Å². The van der Waals surface area contributed by atoms with Gasteiger partial charge in [0.25, 0.3) is 0 Å². The number of aromatic nitrogens is 6. The minimum absolute atomic E-state index is 0.160. The van der Waals surface area contributed by atoms with Gasteiger partial charge in [-0.3, -0.25) is 4.68 Å². The SMILES string of the molecule is CC(C)Cc1noc(C(C)Nc2nc(C(C)C)nc3c2cnn3C)n1. The molecule has 0 amide bonds. The summed E-state index contributed by atoms with van der Waals surface area (Å²) >= 11 is 0. The van der Waals surface area contributed by atoms with Gasteiger partial charge in [0.05, 0.1) is 11.6 Å². The Bertz CT molecular complexity index is 865. The number of aryl methyl sites for hydroxylation is 1. The smallest absolute Gasteiger partial charge is 0.248 e. The Morgan fingerprint density at radius 3 is 2.56 bits per heavy atom. The van der Waals surface area contributed by atoms with Crippen molar-refractivity contribution >= 4 is 16.9 Å². The van der Waals surface area contributed by atoms with E-state index in [0.717, 1.165) is 34.9 Å². The zero-order chi connectivity index (χ0) is 18.1. The van der Waals surface area contributed by atoms with Crippen molar-refractivity contribution in [1.82, 2.24) is 29.9 Å². The van der Waals surface area contributed by atoms with E-state index in [1.165, 1.54) is 0 Å². The second-order valence-electron chi connectivity index (χ2n) is 7.10. The van der Waals surface area contributed by atoms with Crippen LogP contribution in [0, 0.1) is 5.92 Å². The van der Waals surface area contributed by atoms with E-state index in [4.69, 9.17) is 4.52 Å². The van der Waals surface area contributed by atoms with Crippen molar-refractivity contribution < 1.29 is 4.52 Å². The predicted molar refractivity (Wildman–Crippen MR) is 95.3 cm³/mol. The Balaban J connectivity index is 1.90. The van der Waals surface area contributed by atoms with Crippen LogP contribution in [-0.2, 0) is 13.5 Å². The van der Waals surface area contributed by atoms with Crippen LogP contribution in [0.2, 0.25) is 0 Å². The molecular weight excluding hydrogens is 318 g/mol. The van der Waals surface area contributed by atoms with Crippen molar-refractivity contribution in [3.63, 3.8) is 0 Å². The molecule has 3 aromatic rings. The second kappa shape index (κ2) is 6.78. The molecule has 0 radical (unpaired) electrons. The van der Waals surface area contributed by atoms with Gasteiger partial charge in [-0.2, -0.15) is 10.1 Å². The highest BCUT2D eigenvalue weighted by Crippen LogP contribution is 2.26. The first-order valence-corrected chi connectivity index (χ1v) is 8.63. The summed E-state index contributed by atoms with van der Waals surface area (Å²) < 4.78 is 7.16. The number of hydrogen-bond acceptors (Lipinski definition) is 7. The Kier molecular flexibility index (Phi) is 4.69. The summed E-state index contributed by atoms with van der Waals surface area (Å²) in [6.07, 6.45) is 2.57. The van der Waals surface area contributed by atoms with Gasteiger partial charge < -0.3 is 9.84 Å². The topological polar surface area (TPSA) is 94.5 Å². The highest BCUT2D eigenvalue weighted by Gasteiger charge is 2.19. The summed E-state index contributed by atoms with van der Waals surface area (Å²) in [5.41, 5.74) is 0.805. The molecule has 0 aliphatic rings. The van der Waals surface area contributed by atoms with Crippen LogP contribution in [0.15, 0.2) is 10.7 Å². The molecular formula is C17H25N7O. The van der Waals surface area contributed by atoms with Crippen LogP contribution in [0.3, 0.4) is 0 Å². The van der Waals surface area contributed by atoms with Crippen LogP contribution >= 0.6 is 0 Å². The molecule has 0 saturated carbocycles. The summed E-state index contributed by atoms with van der Waals surface area (Å²) in [5.74, 6) is 3.50. The number of rotatable bonds is 6. The molecule has 0 saturated heterocycles. The molecule has 0 spiro atoms. The molecule has 3 aromatic heterocycles. The summed E-state index contributed by atoms with van der Waals surface area (Å²) in [7, 11) is 1.88. The fourth-order valence-electron chi connectivity index (χ4n) is 2.57. The lowest BCUT2D eigenvalue weighted by molar-refractivity contribution is 0.361. The first-order valence-electron chi connectivity index (χ1n) is 8.63. The van der Waals surface area contributed by atoms with Gasteiger partial charge in [0.2, 0.25) is 5.89 Å². The maximum absolute atomic E-state index is 5.41. The lowest BCUT2D eigenvalue weighted by Gasteiger charge is -2.13. The highest BCUT2D eigenvalue weighted by molar-refractivity contribution is 5.86. The molecule has 0 fully saturated rings. The van der Waals surface area contributed by atoms with Crippen LogP contribution in [-0.4, -0.2) is 29.9 Å². The van der Waals surface area contributed by atoms with Gasteiger partial charge in [-0.05, 0) is 12.8 Å². The standard InChI is InChI=1S/C17H25N7O/c1-9(2)7-13-20-17(25-23-13)11(5)19-15-12-8-18-24(6)16(12)22-14(21-15)10(3)4/h8-11H,7H2,1-6H3,(H,19,21,22). The molecule has 1 unspecified atom stereocenters. The van der Waals surface area contributed by atoms with Crippen molar-refractivity contribution in [1.29, 1.82) is 0 Å². The summed E-state index contributed by atoms with van der Waals surface area (Å²) in [5, 5.41) is 12.6. The van der Waals surface area contributed by atoms with Crippen molar-refractivity contribution in [3.05, 3.63) is 23.7 Å². The normalized spacial score (nSPS) is 13.1. The largest absolute Gasteiger partial charge is 0.358 e. The number of anilines is 1. The van der Waals surface area contributed by atoms with E-state index >= 15 is 0 Å². The van der Waals surface area contributed by atoms with Crippen molar-refractivity contribution in [2.45, 2.75) is 53.0 Å². The molecule has 25 heavy (non-hydrogen) atoms. The zero-order valence-electron chi connectivity index (χ0n) is 15.6. The van der Waals surface area contributed by atoms with E-state index in [9.17, 15) is 0 Å². The average molecular weight is 343 g/mol. The van der Waals surface area contributed by atoms with Gasteiger partial charge in [0.1, 0.15) is 17.7 Å². The van der Waals surface area contributed by atoms with E-state index in [1.54, 1.807) is 10.9 Å². The molecule has 8 nitrogen and oxygen atoms in total. The third-order valence-electron chi connectivity index (χ3n) is 3.92. The lowest BCUT2D eigenvalue weighted by Crippen LogP contribution is -2.11. The second-order valence-corrected chi connectivity index (χ2v) is 7.10. The third kappa shape index (κ3) is 3.62. The minimum Gasteiger partial charge on any atom is -0.358 e. The van der Waals surface area contributed by atoms with Gasteiger partial charge in [0.15, 0.2) is 11.5 Å². The number of nitrogens with zero attached hydrogens (tertiary/aromatic N) is 6. The quantitative estimate of drug-likeness (QED) is 0.734. The van der Waals surface area contributed by atoms with Crippen LogP contribution in [0.4, 0.5) is 5.82 Å². The summed E-state index contributed by atoms with van der Waals surface area (Å²) in [4.78, 5) is 13.8. The number of fused-ring (bicyclic) bond motifs is 1. The highest BCUT2D eigenvalue weighted by atomic mass is 16.5. The van der Waals surface area contributed by atoms with Crippen molar-refractivity contribution in [2.75, 3.05) is 5.32 Å². The predicted octanol–water partition coefficient (Wildman–Crippen LogP) is 3.24. The van der Waals surface area contributed by atoms with E-state index in [0.29, 0.717) is 11.8 Å². The Morgan fingerprint density at radius 1 is 1.12 bits per heavy atom. The molecule has 3 heterocycles. The Morgan fingerprint density at radius 2 is 1.88 bits per heavy atom. The molecule has 1 N–H and O–H groups in total. The maximum atomic E-state index is 5.41. The van der Waals surface area contributed by atoms with E-state index in [2.05, 4.69) is 58.2 Å². The monoisotopic (exact) mass is 343 g/mol. The van der Waals surface area contributed by atoms with Gasteiger partial charge in [0, 0.05) is 19.4 Å². The van der Waals surface area contributed by atoms with Crippen LogP contribution in [0.5, 0.6) is 0 Å². The fraction of sp³-hybridized carbons (Fsp3) is 0.588. The van der Waals surface area contributed by atoms with Crippen molar-refractivity contribution in [2.24, 2.45) is 13.0 Å². The van der Waals surface area contributed by atoms with E-state index in [-0.39, 0.29) is 12.0 Å². The fourth-order valence-corrected chi connectivity index (χ4v) is 2.57. The molecule has 0 aliphatic carbocycles. The third-order valence-corrected chi connectivity index (χ3v) is 3.92. The lowest BCUT2D eigenvalue weighted by atomic mass is 10.1. The van der Waals surface area contributed by atoms with Gasteiger partial charge in [-0.1, -0.05) is 32.9 Å². The average Bonchev–Trinajstić information content (AvgIpc) is 3.14. The molecule has 0 aliphatic heterocycles. The summed E-state index contributed by atoms with van der Waals surface area (Å²) in [6, 6.07) is -0.160. The molecule has 0 bridgehead atoms. The Labute approximate surface area is 147 Å². The van der Waals surface area contributed by atoms with Gasteiger partial charge in [-0.25, -0.2) is 9.97 Å². The number of hydrogen-bond donors (Lipinski definition) is 1. The molecule has 0 aromatic carbocycles. The maximum Gasteiger partial charge on any atom is 0.248 e. The van der Waals surface area contributed by atoms with Crippen LogP contribution in [0.1, 0.15) is 64.1 Å². The Hall–Kier alpha value is -2.51. The minimum atomic E-state index is -0.160. The van der Waals surface area contributed by atoms with Crippen molar-refractivity contribution in [3.8, 4) is 0 Å². The first-order chi connectivity index (χ1) is 11.8. The van der Waals surface area contributed by atoms with Gasteiger partial charge >= 0.3 is 0 Å². The van der Waals surface area contributed by atoms with Crippen LogP contribution < -0.4 is 5.32 Å². The van der Waals surface area contributed by atoms with Gasteiger partial charge in [-0.15, -0.1) is 0 Å². The van der Waals surface area contributed by atoms with Crippen LogP contribution in [0.25, 0.3) is 11.0 Å². The first kappa shape index (κ1) is 17.3. The zero-order valence-corrected chi connectivity index (χ0v) is 15.6. The molecule has 1 atom stereocenters.